The van der Waals surface area contributed by atoms with E-state index in [0.29, 0.717) is 6.42 Å². The average Bonchev–Trinajstić information content (AvgIpc) is 3.31. The van der Waals surface area contributed by atoms with Crippen LogP contribution in [-0.4, -0.2) is 44.0 Å². The number of benzene rings is 3. The monoisotopic (exact) mass is 590 g/mol. The predicted octanol–water partition coefficient (Wildman–Crippen LogP) is 3.96. The predicted molar refractivity (Wildman–Crippen MR) is 147 cm³/mol. The van der Waals surface area contributed by atoms with Crippen molar-refractivity contribution in [3.05, 3.63) is 93.5 Å². The second-order valence-corrected chi connectivity index (χ2v) is 11.2. The molecular formula is C26H24Cl2N4O6S. The van der Waals surface area contributed by atoms with Gasteiger partial charge >= 0.3 is 12.0 Å². The van der Waals surface area contributed by atoms with Crippen LogP contribution in [0.2, 0.25) is 10.0 Å². The summed E-state index contributed by atoms with van der Waals surface area (Å²) in [6, 6.07) is 15.4. The van der Waals surface area contributed by atoms with E-state index in [2.05, 4.69) is 20.7 Å². The third-order valence-electron chi connectivity index (χ3n) is 6.12. The fraction of sp³-hybridized carbons (Fsp3) is 0.192. The molecule has 0 spiro atoms. The highest BCUT2D eigenvalue weighted by molar-refractivity contribution is 7.92. The number of carbonyl (C=O) groups excluding carboxylic acids is 2. The molecule has 3 amide bonds. The van der Waals surface area contributed by atoms with Crippen molar-refractivity contribution in [1.29, 1.82) is 0 Å². The first kappa shape index (κ1) is 28.2. The zero-order valence-corrected chi connectivity index (χ0v) is 22.6. The van der Waals surface area contributed by atoms with Gasteiger partial charge in [0, 0.05) is 0 Å². The Morgan fingerprint density at radius 3 is 2.38 bits per heavy atom. The number of carboxylic acids is 1. The minimum Gasteiger partial charge on any atom is -0.480 e. The van der Waals surface area contributed by atoms with E-state index >= 15 is 0 Å². The Morgan fingerprint density at radius 1 is 0.974 bits per heavy atom. The smallest absolute Gasteiger partial charge is 0.328 e. The molecule has 10 nitrogen and oxygen atoms in total. The summed E-state index contributed by atoms with van der Waals surface area (Å²) in [6.45, 7) is -0.434. The van der Waals surface area contributed by atoms with Gasteiger partial charge < -0.3 is 21.1 Å². The SMILES string of the molecule is O=C(NC[C@H](NC(=O)c1c(Cl)ccc(NS(=O)(=O)c2ccccc2)c1Cl)C(=O)O)N[C@@H]1CCc2ccccc21. The van der Waals surface area contributed by atoms with E-state index < -0.39 is 40.5 Å². The fourth-order valence-corrected chi connectivity index (χ4v) is 5.92. The van der Waals surface area contributed by atoms with Crippen LogP contribution in [0.25, 0.3) is 0 Å². The van der Waals surface area contributed by atoms with Crippen molar-refractivity contribution >= 4 is 56.8 Å². The van der Waals surface area contributed by atoms with Crippen LogP contribution in [0.5, 0.6) is 0 Å². The summed E-state index contributed by atoms with van der Waals surface area (Å²) < 4.78 is 27.7. The van der Waals surface area contributed by atoms with Crippen LogP contribution in [0.1, 0.15) is 33.9 Å². The normalized spacial score (nSPS) is 15.1. The van der Waals surface area contributed by atoms with Crippen LogP contribution in [0.15, 0.2) is 71.6 Å². The molecule has 1 aliphatic rings. The highest BCUT2D eigenvalue weighted by Gasteiger charge is 2.28. The van der Waals surface area contributed by atoms with Crippen molar-refractivity contribution in [3.63, 3.8) is 0 Å². The molecule has 1 aliphatic carbocycles. The zero-order valence-electron chi connectivity index (χ0n) is 20.3. The van der Waals surface area contributed by atoms with Gasteiger partial charge in [0.1, 0.15) is 6.04 Å². The van der Waals surface area contributed by atoms with Gasteiger partial charge in [-0.1, -0.05) is 65.7 Å². The number of halogens is 2. The van der Waals surface area contributed by atoms with Crippen molar-refractivity contribution in [2.24, 2.45) is 0 Å². The molecule has 0 aliphatic heterocycles. The largest absolute Gasteiger partial charge is 0.480 e. The van der Waals surface area contributed by atoms with Gasteiger partial charge in [0.15, 0.2) is 0 Å². The molecule has 39 heavy (non-hydrogen) atoms. The minimum absolute atomic E-state index is 0.0293. The van der Waals surface area contributed by atoms with Crippen LogP contribution in [0, 0.1) is 0 Å². The summed E-state index contributed by atoms with van der Waals surface area (Å²) in [5.74, 6) is -2.38. The molecule has 13 heteroatoms. The van der Waals surface area contributed by atoms with Gasteiger partial charge in [-0.2, -0.15) is 0 Å². The third kappa shape index (κ3) is 6.62. The van der Waals surface area contributed by atoms with Crippen LogP contribution in [0.3, 0.4) is 0 Å². The van der Waals surface area contributed by atoms with Gasteiger partial charge in [-0.15, -0.1) is 0 Å². The number of hydrogen-bond acceptors (Lipinski definition) is 5. The number of anilines is 1. The summed E-state index contributed by atoms with van der Waals surface area (Å²) in [4.78, 5) is 37.3. The first-order valence-electron chi connectivity index (χ1n) is 11.8. The topological polar surface area (TPSA) is 154 Å². The van der Waals surface area contributed by atoms with E-state index in [-0.39, 0.29) is 32.2 Å². The zero-order chi connectivity index (χ0) is 28.2. The highest BCUT2D eigenvalue weighted by atomic mass is 35.5. The number of aryl methyl sites for hydroxylation is 1. The molecule has 5 N–H and O–H groups in total. The number of aliphatic carboxylic acids is 1. The molecule has 0 aromatic heterocycles. The molecule has 2 atom stereocenters. The Hall–Kier alpha value is -3.80. The summed E-state index contributed by atoms with van der Waals surface area (Å²) in [5, 5.41) is 16.7. The van der Waals surface area contributed by atoms with Crippen molar-refractivity contribution in [1.82, 2.24) is 16.0 Å². The molecule has 3 aromatic rings. The lowest BCUT2D eigenvalue weighted by Gasteiger charge is -2.19. The van der Waals surface area contributed by atoms with E-state index in [4.69, 9.17) is 23.2 Å². The lowest BCUT2D eigenvalue weighted by molar-refractivity contribution is -0.139. The summed E-state index contributed by atoms with van der Waals surface area (Å²) in [5.41, 5.74) is 1.68. The number of fused-ring (bicyclic) bond motifs is 1. The standard InChI is InChI=1S/C26H24Cl2N4O6S/c27-18-11-13-20(32-39(37,38)16-7-2-1-3-8-16)23(28)22(18)24(33)30-21(25(34)35)14-29-26(36)31-19-12-10-15-6-4-5-9-17(15)19/h1-9,11,13,19,21,32H,10,12,14H2,(H,30,33)(H,34,35)(H2,29,31,36)/t19-,21+/m1/s1. The van der Waals surface area contributed by atoms with Crippen molar-refractivity contribution in [2.75, 3.05) is 11.3 Å². The number of nitrogens with one attached hydrogen (secondary N) is 4. The summed E-state index contributed by atoms with van der Waals surface area (Å²) in [6.07, 6.45) is 1.53. The molecule has 0 radical (unpaired) electrons. The van der Waals surface area contributed by atoms with E-state index in [0.717, 1.165) is 17.5 Å². The molecule has 0 fully saturated rings. The van der Waals surface area contributed by atoms with E-state index in [1.807, 2.05) is 24.3 Å². The first-order chi connectivity index (χ1) is 18.6. The molecule has 4 rings (SSSR count). The van der Waals surface area contributed by atoms with Gasteiger partial charge in [0.05, 0.1) is 38.8 Å². The second kappa shape index (κ2) is 11.9. The van der Waals surface area contributed by atoms with Gasteiger partial charge in [-0.25, -0.2) is 18.0 Å². The Labute approximate surface area is 234 Å². The number of urea groups is 1. The van der Waals surface area contributed by atoms with Crippen LogP contribution < -0.4 is 20.7 Å². The number of carbonyl (C=O) groups is 3. The summed E-state index contributed by atoms with van der Waals surface area (Å²) in [7, 11) is -4.03. The number of sulfonamides is 1. The van der Waals surface area contributed by atoms with Crippen LogP contribution in [-0.2, 0) is 21.2 Å². The second-order valence-electron chi connectivity index (χ2n) is 8.71. The number of carboxylic acid groups (broad SMARTS) is 1. The number of amides is 3. The number of rotatable bonds is 9. The molecular weight excluding hydrogens is 567 g/mol. The molecule has 0 saturated carbocycles. The van der Waals surface area contributed by atoms with E-state index in [1.165, 1.54) is 24.3 Å². The Kier molecular flexibility index (Phi) is 8.63. The number of hydrogen-bond donors (Lipinski definition) is 5. The van der Waals surface area contributed by atoms with Crippen molar-refractivity contribution in [2.45, 2.75) is 29.8 Å². The Bertz CT molecular complexity index is 1520. The molecule has 0 bridgehead atoms. The maximum atomic E-state index is 13.0. The minimum atomic E-state index is -4.03. The van der Waals surface area contributed by atoms with Crippen molar-refractivity contribution < 1.29 is 27.9 Å². The maximum absolute atomic E-state index is 13.0. The highest BCUT2D eigenvalue weighted by Crippen LogP contribution is 2.33. The lowest BCUT2D eigenvalue weighted by atomic mass is 10.1. The van der Waals surface area contributed by atoms with Crippen LogP contribution >= 0.6 is 23.2 Å². The maximum Gasteiger partial charge on any atom is 0.328 e. The van der Waals surface area contributed by atoms with Gasteiger partial charge in [-0.3, -0.25) is 9.52 Å². The molecule has 0 saturated heterocycles. The molecule has 0 unspecified atom stereocenters. The van der Waals surface area contributed by atoms with E-state index in [9.17, 15) is 27.9 Å². The average molecular weight is 591 g/mol. The quantitative estimate of drug-likeness (QED) is 0.254. The Morgan fingerprint density at radius 2 is 1.67 bits per heavy atom. The molecule has 0 heterocycles. The van der Waals surface area contributed by atoms with E-state index in [1.54, 1.807) is 18.2 Å². The van der Waals surface area contributed by atoms with Gasteiger partial charge in [0.25, 0.3) is 15.9 Å². The fourth-order valence-electron chi connectivity index (χ4n) is 4.18. The van der Waals surface area contributed by atoms with Crippen molar-refractivity contribution in [3.8, 4) is 0 Å². The molecule has 3 aromatic carbocycles. The first-order valence-corrected chi connectivity index (χ1v) is 14.0. The third-order valence-corrected chi connectivity index (χ3v) is 8.21. The van der Waals surface area contributed by atoms with Gasteiger partial charge in [0.2, 0.25) is 0 Å². The lowest BCUT2D eigenvalue weighted by Crippen LogP contribution is -2.50. The summed E-state index contributed by atoms with van der Waals surface area (Å²) >= 11 is 12.5. The van der Waals surface area contributed by atoms with Crippen LogP contribution in [0.4, 0.5) is 10.5 Å². The molecule has 204 valence electrons. The van der Waals surface area contributed by atoms with Gasteiger partial charge in [-0.05, 0) is 48.2 Å². The Balaban J connectivity index is 1.43.